The fraction of sp³-hybridized carbons (Fsp3) is 0.688. The molecule has 0 atom stereocenters. The first kappa shape index (κ1) is 15.2. The summed E-state index contributed by atoms with van der Waals surface area (Å²) in [5, 5.41) is 0. The number of hydrogen-bond donors (Lipinski definition) is 0. The number of carbonyl (C=O) groups is 1. The minimum Gasteiger partial charge on any atom is -0.494 e. The number of aromatic nitrogens is 2. The average Bonchev–Trinajstić information content (AvgIpc) is 2.88. The maximum absolute atomic E-state index is 12.4. The van der Waals surface area contributed by atoms with Crippen molar-refractivity contribution in [3.63, 3.8) is 0 Å². The lowest BCUT2D eigenvalue weighted by Gasteiger charge is -2.47. The highest BCUT2D eigenvalue weighted by Crippen LogP contribution is 2.40. The van der Waals surface area contributed by atoms with Crippen molar-refractivity contribution in [2.24, 2.45) is 11.3 Å². The van der Waals surface area contributed by atoms with Gasteiger partial charge in [-0.05, 0) is 18.9 Å². The lowest BCUT2D eigenvalue weighted by atomic mass is 9.79. The molecule has 2 saturated heterocycles. The van der Waals surface area contributed by atoms with E-state index in [9.17, 15) is 4.79 Å². The van der Waals surface area contributed by atoms with E-state index in [2.05, 4.69) is 28.7 Å². The molecule has 0 saturated carbocycles. The van der Waals surface area contributed by atoms with Gasteiger partial charge in [0.25, 0.3) is 5.91 Å². The highest BCUT2D eigenvalue weighted by atomic mass is 16.5. The standard InChI is InChI=1S/C16H24N4O2/c1-12(2)8-19-5-4-16(9-19)10-20(11-16)15(21)14-17-6-13(22-3)7-18-14/h6-7,12H,4-5,8-11H2,1-3H3. The predicted molar refractivity (Wildman–Crippen MR) is 82.8 cm³/mol. The molecule has 0 unspecified atom stereocenters. The Morgan fingerprint density at radius 3 is 2.59 bits per heavy atom. The van der Waals surface area contributed by atoms with Crippen molar-refractivity contribution in [1.82, 2.24) is 19.8 Å². The highest BCUT2D eigenvalue weighted by molar-refractivity contribution is 5.91. The van der Waals surface area contributed by atoms with Gasteiger partial charge in [0.15, 0.2) is 5.75 Å². The maximum Gasteiger partial charge on any atom is 0.291 e. The van der Waals surface area contributed by atoms with Crippen molar-refractivity contribution < 1.29 is 9.53 Å². The second-order valence-corrected chi connectivity index (χ2v) is 6.99. The van der Waals surface area contributed by atoms with Gasteiger partial charge in [-0.3, -0.25) is 4.79 Å². The third-order valence-corrected chi connectivity index (χ3v) is 4.54. The van der Waals surface area contributed by atoms with Crippen LogP contribution in [0.1, 0.15) is 30.9 Å². The Balaban J connectivity index is 1.55. The van der Waals surface area contributed by atoms with E-state index in [0.717, 1.165) is 32.7 Å². The number of likely N-dealkylation sites (tertiary alicyclic amines) is 2. The Kier molecular flexibility index (Phi) is 4.04. The maximum atomic E-state index is 12.4. The monoisotopic (exact) mass is 304 g/mol. The fourth-order valence-corrected chi connectivity index (χ4v) is 3.54. The number of amides is 1. The van der Waals surface area contributed by atoms with Crippen LogP contribution < -0.4 is 4.74 Å². The molecule has 0 aromatic carbocycles. The zero-order chi connectivity index (χ0) is 15.7. The molecule has 22 heavy (non-hydrogen) atoms. The Hall–Kier alpha value is -1.69. The van der Waals surface area contributed by atoms with Crippen LogP contribution in [0.25, 0.3) is 0 Å². The molecule has 1 aromatic rings. The third kappa shape index (κ3) is 2.92. The summed E-state index contributed by atoms with van der Waals surface area (Å²) in [6, 6.07) is 0. The number of rotatable bonds is 4. The van der Waals surface area contributed by atoms with Gasteiger partial charge >= 0.3 is 0 Å². The quantitative estimate of drug-likeness (QED) is 0.839. The number of hydrogen-bond acceptors (Lipinski definition) is 5. The minimum absolute atomic E-state index is 0.0735. The number of methoxy groups -OCH3 is 1. The number of ether oxygens (including phenoxy) is 1. The van der Waals surface area contributed by atoms with Crippen molar-refractivity contribution in [3.8, 4) is 5.75 Å². The number of carbonyl (C=O) groups excluding carboxylic acids is 1. The largest absolute Gasteiger partial charge is 0.494 e. The summed E-state index contributed by atoms with van der Waals surface area (Å²) in [6.45, 7) is 9.58. The molecule has 2 fully saturated rings. The molecule has 120 valence electrons. The van der Waals surface area contributed by atoms with Crippen molar-refractivity contribution in [3.05, 3.63) is 18.2 Å². The highest BCUT2D eigenvalue weighted by Gasteiger charge is 2.49. The van der Waals surface area contributed by atoms with Crippen LogP contribution >= 0.6 is 0 Å². The van der Waals surface area contributed by atoms with Crippen molar-refractivity contribution in [1.29, 1.82) is 0 Å². The predicted octanol–water partition coefficient (Wildman–Crippen LogP) is 1.29. The minimum atomic E-state index is -0.0735. The van der Waals surface area contributed by atoms with Gasteiger partial charge in [-0.1, -0.05) is 13.8 Å². The summed E-state index contributed by atoms with van der Waals surface area (Å²) in [4.78, 5) is 24.9. The van der Waals surface area contributed by atoms with E-state index in [0.29, 0.717) is 17.1 Å². The Labute approximate surface area is 131 Å². The first-order valence-electron chi connectivity index (χ1n) is 7.89. The molecule has 2 aliphatic rings. The summed E-state index contributed by atoms with van der Waals surface area (Å²) in [7, 11) is 1.56. The second-order valence-electron chi connectivity index (χ2n) is 6.99. The van der Waals surface area contributed by atoms with E-state index in [1.54, 1.807) is 7.11 Å². The average molecular weight is 304 g/mol. The van der Waals surface area contributed by atoms with E-state index in [4.69, 9.17) is 4.74 Å². The van der Waals surface area contributed by atoms with Crippen LogP contribution in [0.15, 0.2) is 12.4 Å². The molecule has 0 N–H and O–H groups in total. The second kappa shape index (κ2) is 5.83. The van der Waals surface area contributed by atoms with Gasteiger partial charge in [-0.25, -0.2) is 9.97 Å². The molecule has 1 amide bonds. The van der Waals surface area contributed by atoms with Crippen LogP contribution in [0.3, 0.4) is 0 Å². The zero-order valence-electron chi connectivity index (χ0n) is 13.6. The number of nitrogens with zero attached hydrogens (tertiary/aromatic N) is 4. The summed E-state index contributed by atoms with van der Waals surface area (Å²) in [6.07, 6.45) is 4.26. The molecule has 6 heteroatoms. The van der Waals surface area contributed by atoms with Crippen LogP contribution in [-0.2, 0) is 0 Å². The Bertz CT molecular complexity index is 538. The topological polar surface area (TPSA) is 58.6 Å². The van der Waals surface area contributed by atoms with Crippen molar-refractivity contribution in [2.45, 2.75) is 20.3 Å². The molecular formula is C16H24N4O2. The third-order valence-electron chi connectivity index (χ3n) is 4.54. The van der Waals surface area contributed by atoms with Gasteiger partial charge in [0.05, 0.1) is 19.5 Å². The van der Waals surface area contributed by atoms with E-state index in [1.807, 2.05) is 4.90 Å². The van der Waals surface area contributed by atoms with Gasteiger partial charge < -0.3 is 14.5 Å². The van der Waals surface area contributed by atoms with Crippen LogP contribution in [0.2, 0.25) is 0 Å². The fourth-order valence-electron chi connectivity index (χ4n) is 3.54. The summed E-state index contributed by atoms with van der Waals surface area (Å²) in [5.74, 6) is 1.45. The summed E-state index contributed by atoms with van der Waals surface area (Å²) < 4.78 is 5.01. The molecule has 2 aliphatic heterocycles. The van der Waals surface area contributed by atoms with Crippen LogP contribution in [0.4, 0.5) is 0 Å². The van der Waals surface area contributed by atoms with E-state index in [-0.39, 0.29) is 11.7 Å². The van der Waals surface area contributed by atoms with Crippen LogP contribution in [0, 0.1) is 11.3 Å². The molecule has 0 aliphatic carbocycles. The van der Waals surface area contributed by atoms with Gasteiger partial charge in [-0.15, -0.1) is 0 Å². The van der Waals surface area contributed by atoms with E-state index < -0.39 is 0 Å². The Morgan fingerprint density at radius 1 is 1.32 bits per heavy atom. The van der Waals surface area contributed by atoms with Gasteiger partial charge in [0.1, 0.15) is 0 Å². The molecule has 1 aromatic heterocycles. The molecule has 1 spiro atoms. The SMILES string of the molecule is COc1cnc(C(=O)N2CC3(CCN(CC(C)C)C3)C2)nc1. The molecule has 3 heterocycles. The van der Waals surface area contributed by atoms with Gasteiger partial charge in [0.2, 0.25) is 5.82 Å². The van der Waals surface area contributed by atoms with Gasteiger partial charge in [0, 0.05) is 31.6 Å². The molecule has 0 bridgehead atoms. The summed E-state index contributed by atoms with van der Waals surface area (Å²) in [5.41, 5.74) is 0.303. The Morgan fingerprint density at radius 2 is 2.00 bits per heavy atom. The first-order chi connectivity index (χ1) is 10.5. The molecular weight excluding hydrogens is 280 g/mol. The van der Waals surface area contributed by atoms with E-state index in [1.165, 1.54) is 18.8 Å². The van der Waals surface area contributed by atoms with E-state index >= 15 is 0 Å². The lowest BCUT2D eigenvalue weighted by Crippen LogP contribution is -2.59. The zero-order valence-corrected chi connectivity index (χ0v) is 13.6. The molecule has 0 radical (unpaired) electrons. The summed E-state index contributed by atoms with van der Waals surface area (Å²) >= 11 is 0. The van der Waals surface area contributed by atoms with Crippen LogP contribution in [-0.4, -0.2) is 65.5 Å². The van der Waals surface area contributed by atoms with Crippen molar-refractivity contribution in [2.75, 3.05) is 39.8 Å². The molecule has 3 rings (SSSR count). The first-order valence-corrected chi connectivity index (χ1v) is 7.89. The van der Waals surface area contributed by atoms with Crippen molar-refractivity contribution >= 4 is 5.91 Å². The molecule has 6 nitrogen and oxygen atoms in total. The normalized spacial score (nSPS) is 20.5. The van der Waals surface area contributed by atoms with Gasteiger partial charge in [-0.2, -0.15) is 0 Å². The lowest BCUT2D eigenvalue weighted by molar-refractivity contribution is 0.00928. The van der Waals surface area contributed by atoms with Crippen LogP contribution in [0.5, 0.6) is 5.75 Å². The smallest absolute Gasteiger partial charge is 0.291 e.